The molecule has 0 bridgehead atoms. The van der Waals surface area contributed by atoms with Gasteiger partial charge in [0.1, 0.15) is 5.75 Å². The molecule has 0 saturated heterocycles. The van der Waals surface area contributed by atoms with E-state index in [1.54, 1.807) is 7.11 Å². The van der Waals surface area contributed by atoms with Crippen molar-refractivity contribution in [2.75, 3.05) is 7.11 Å². The van der Waals surface area contributed by atoms with Crippen molar-refractivity contribution in [3.05, 3.63) is 54.1 Å². The van der Waals surface area contributed by atoms with Crippen LogP contribution in [0.2, 0.25) is 0 Å². The van der Waals surface area contributed by atoms with E-state index < -0.39 is 0 Å². The topological polar surface area (TPSA) is 9.23 Å². The summed E-state index contributed by atoms with van der Waals surface area (Å²) in [4.78, 5) is 0. The normalized spacial score (nSPS) is 12.4. The standard InChI is InChI=1S/C24H38O/c1-5-7-8-9-10-12-15-22(6-2)16-13-11-14-17-23-18-19-24(25-4)20-21(23)3/h6,11,14,18-20,22H,2,5,7-10,12-13,15-17H2,1,3-4H3/b14-11+. The fourth-order valence-corrected chi connectivity index (χ4v) is 3.23. The molecule has 0 fully saturated rings. The minimum Gasteiger partial charge on any atom is -0.497 e. The van der Waals surface area contributed by atoms with Gasteiger partial charge in [-0.05, 0) is 61.8 Å². The molecule has 1 aromatic carbocycles. The lowest BCUT2D eigenvalue weighted by Crippen LogP contribution is -1.96. The van der Waals surface area contributed by atoms with Crippen LogP contribution in [0.1, 0.15) is 75.8 Å². The van der Waals surface area contributed by atoms with Crippen LogP contribution in [-0.2, 0) is 6.42 Å². The smallest absolute Gasteiger partial charge is 0.119 e. The third kappa shape index (κ3) is 9.53. The maximum Gasteiger partial charge on any atom is 0.119 e. The Labute approximate surface area is 156 Å². The van der Waals surface area contributed by atoms with Crippen molar-refractivity contribution < 1.29 is 4.74 Å². The van der Waals surface area contributed by atoms with E-state index in [4.69, 9.17) is 4.74 Å². The number of rotatable bonds is 14. The Morgan fingerprint density at radius 3 is 2.48 bits per heavy atom. The molecule has 1 heteroatoms. The molecular weight excluding hydrogens is 304 g/mol. The number of hydrogen-bond acceptors (Lipinski definition) is 1. The van der Waals surface area contributed by atoms with Gasteiger partial charge >= 0.3 is 0 Å². The predicted molar refractivity (Wildman–Crippen MR) is 111 cm³/mol. The first-order valence-electron chi connectivity index (χ1n) is 10.1. The SMILES string of the molecule is C=CC(CC/C=C/Cc1ccc(OC)cc1C)CCCCCCCC. The summed E-state index contributed by atoms with van der Waals surface area (Å²) < 4.78 is 5.26. The summed E-state index contributed by atoms with van der Waals surface area (Å²) in [6.45, 7) is 8.46. The Morgan fingerprint density at radius 1 is 1.04 bits per heavy atom. The molecule has 0 saturated carbocycles. The van der Waals surface area contributed by atoms with Gasteiger partial charge in [-0.1, -0.05) is 69.7 Å². The van der Waals surface area contributed by atoms with Crippen molar-refractivity contribution in [2.45, 2.75) is 78.1 Å². The van der Waals surface area contributed by atoms with Gasteiger partial charge in [0, 0.05) is 0 Å². The summed E-state index contributed by atoms with van der Waals surface area (Å²) in [6, 6.07) is 6.32. The summed E-state index contributed by atoms with van der Waals surface area (Å²) in [5, 5.41) is 0. The molecule has 0 radical (unpaired) electrons. The van der Waals surface area contributed by atoms with Crippen LogP contribution in [0.25, 0.3) is 0 Å². The third-order valence-corrected chi connectivity index (χ3v) is 5.02. The number of unbranched alkanes of at least 4 members (excludes halogenated alkanes) is 5. The van der Waals surface area contributed by atoms with Crippen LogP contribution >= 0.6 is 0 Å². The van der Waals surface area contributed by atoms with Gasteiger partial charge in [0.2, 0.25) is 0 Å². The van der Waals surface area contributed by atoms with E-state index >= 15 is 0 Å². The van der Waals surface area contributed by atoms with Gasteiger partial charge in [-0.25, -0.2) is 0 Å². The van der Waals surface area contributed by atoms with Crippen molar-refractivity contribution in [1.82, 2.24) is 0 Å². The number of methoxy groups -OCH3 is 1. The molecule has 1 nitrogen and oxygen atoms in total. The third-order valence-electron chi connectivity index (χ3n) is 5.02. The highest BCUT2D eigenvalue weighted by Gasteiger charge is 2.03. The maximum atomic E-state index is 5.26. The second kappa shape index (κ2) is 13.8. The molecule has 0 heterocycles. The number of allylic oxidation sites excluding steroid dienone is 3. The predicted octanol–water partition coefficient (Wildman–Crippen LogP) is 7.44. The van der Waals surface area contributed by atoms with E-state index in [0.717, 1.165) is 18.6 Å². The summed E-state index contributed by atoms with van der Waals surface area (Å²) in [5.74, 6) is 1.62. The Balaban J connectivity index is 2.21. The summed E-state index contributed by atoms with van der Waals surface area (Å²) in [7, 11) is 1.72. The maximum absolute atomic E-state index is 5.26. The highest BCUT2D eigenvalue weighted by atomic mass is 16.5. The fourth-order valence-electron chi connectivity index (χ4n) is 3.23. The van der Waals surface area contributed by atoms with E-state index in [-0.39, 0.29) is 0 Å². The molecule has 1 aromatic rings. The second-order valence-corrected chi connectivity index (χ2v) is 7.10. The molecule has 1 rings (SSSR count). The molecule has 140 valence electrons. The van der Waals surface area contributed by atoms with Crippen LogP contribution < -0.4 is 4.74 Å². The van der Waals surface area contributed by atoms with Crippen molar-refractivity contribution in [3.8, 4) is 5.75 Å². The first-order chi connectivity index (χ1) is 12.2. The Bertz CT molecular complexity index is 501. The van der Waals surface area contributed by atoms with Crippen LogP contribution in [-0.4, -0.2) is 7.11 Å². The Hall–Kier alpha value is -1.50. The van der Waals surface area contributed by atoms with Gasteiger partial charge in [-0.2, -0.15) is 0 Å². The summed E-state index contributed by atoms with van der Waals surface area (Å²) >= 11 is 0. The van der Waals surface area contributed by atoms with Crippen LogP contribution in [0, 0.1) is 12.8 Å². The largest absolute Gasteiger partial charge is 0.497 e. The van der Waals surface area contributed by atoms with Crippen molar-refractivity contribution >= 4 is 0 Å². The number of aryl methyl sites for hydroxylation is 1. The quantitative estimate of drug-likeness (QED) is 0.252. The lowest BCUT2D eigenvalue weighted by Gasteiger charge is -2.11. The fraction of sp³-hybridized carbons (Fsp3) is 0.583. The molecule has 0 aromatic heterocycles. The van der Waals surface area contributed by atoms with E-state index in [0.29, 0.717) is 5.92 Å². The number of benzene rings is 1. The average Bonchev–Trinajstić information content (AvgIpc) is 2.63. The van der Waals surface area contributed by atoms with Gasteiger partial charge in [0.15, 0.2) is 0 Å². The summed E-state index contributed by atoms with van der Waals surface area (Å²) in [6.07, 6.45) is 19.8. The zero-order valence-corrected chi connectivity index (χ0v) is 16.7. The van der Waals surface area contributed by atoms with Crippen LogP contribution in [0.4, 0.5) is 0 Å². The van der Waals surface area contributed by atoms with Crippen molar-refractivity contribution in [3.63, 3.8) is 0 Å². The van der Waals surface area contributed by atoms with Gasteiger partial charge < -0.3 is 4.74 Å². The molecular formula is C24H38O. The number of hydrogen-bond donors (Lipinski definition) is 0. The lowest BCUT2D eigenvalue weighted by atomic mass is 9.95. The number of ether oxygens (including phenoxy) is 1. The van der Waals surface area contributed by atoms with E-state index in [2.05, 4.69) is 50.8 Å². The monoisotopic (exact) mass is 342 g/mol. The van der Waals surface area contributed by atoms with Gasteiger partial charge in [0.25, 0.3) is 0 Å². The van der Waals surface area contributed by atoms with Crippen LogP contribution in [0.3, 0.4) is 0 Å². The van der Waals surface area contributed by atoms with E-state index in [1.807, 2.05) is 6.07 Å². The molecule has 1 atom stereocenters. The Morgan fingerprint density at radius 2 is 1.80 bits per heavy atom. The first-order valence-corrected chi connectivity index (χ1v) is 10.1. The minimum atomic E-state index is 0.679. The zero-order chi connectivity index (χ0) is 18.3. The van der Waals surface area contributed by atoms with E-state index in [9.17, 15) is 0 Å². The van der Waals surface area contributed by atoms with Gasteiger partial charge in [0.05, 0.1) is 7.11 Å². The molecule has 0 amide bonds. The van der Waals surface area contributed by atoms with Gasteiger partial charge in [-0.15, -0.1) is 6.58 Å². The minimum absolute atomic E-state index is 0.679. The average molecular weight is 343 g/mol. The molecule has 0 spiro atoms. The van der Waals surface area contributed by atoms with Gasteiger partial charge in [-0.3, -0.25) is 0 Å². The molecule has 0 N–H and O–H groups in total. The molecule has 0 aliphatic carbocycles. The van der Waals surface area contributed by atoms with Crippen molar-refractivity contribution in [2.24, 2.45) is 5.92 Å². The molecule has 0 aliphatic heterocycles. The first kappa shape index (κ1) is 21.5. The highest BCUT2D eigenvalue weighted by molar-refractivity contribution is 5.35. The van der Waals surface area contributed by atoms with Crippen LogP contribution in [0.5, 0.6) is 5.75 Å². The van der Waals surface area contributed by atoms with Crippen LogP contribution in [0.15, 0.2) is 43.0 Å². The molecule has 0 aliphatic rings. The lowest BCUT2D eigenvalue weighted by molar-refractivity contribution is 0.414. The Kier molecular flexibility index (Phi) is 11.9. The van der Waals surface area contributed by atoms with E-state index in [1.165, 1.54) is 62.5 Å². The molecule has 25 heavy (non-hydrogen) atoms. The highest BCUT2D eigenvalue weighted by Crippen LogP contribution is 2.19. The molecule has 1 unspecified atom stereocenters. The zero-order valence-electron chi connectivity index (χ0n) is 16.7. The van der Waals surface area contributed by atoms with Crippen molar-refractivity contribution in [1.29, 1.82) is 0 Å². The second-order valence-electron chi connectivity index (χ2n) is 7.10. The summed E-state index contributed by atoms with van der Waals surface area (Å²) in [5.41, 5.74) is 2.68.